The van der Waals surface area contributed by atoms with Crippen molar-refractivity contribution in [3.63, 3.8) is 0 Å². The van der Waals surface area contributed by atoms with Gasteiger partial charge in [0.25, 0.3) is 5.91 Å². The maximum atomic E-state index is 12.9. The average molecular weight is 345 g/mol. The molecule has 0 N–H and O–H groups in total. The smallest absolute Gasteiger partial charge is 0.254 e. The number of piperazine rings is 1. The molecule has 4 nitrogen and oxygen atoms in total. The topological polar surface area (TPSA) is 36.4 Å². The van der Waals surface area contributed by atoms with Crippen molar-refractivity contribution in [2.24, 2.45) is 0 Å². The predicted molar refractivity (Wildman–Crippen MR) is 106 cm³/mol. The fourth-order valence-electron chi connectivity index (χ4n) is 3.66. The highest BCUT2D eigenvalue weighted by atomic mass is 16.2. The summed E-state index contributed by atoms with van der Waals surface area (Å²) in [6, 6.07) is 14.3. The first kappa shape index (κ1) is 16.6. The number of fused-ring (bicyclic) bond motifs is 1. The monoisotopic (exact) mass is 345 g/mol. The molecule has 1 saturated heterocycles. The molecule has 1 amide bonds. The van der Waals surface area contributed by atoms with Gasteiger partial charge in [-0.25, -0.2) is 0 Å². The first-order chi connectivity index (χ1) is 12.6. The molecule has 4 heteroatoms. The Balaban J connectivity index is 1.52. The van der Waals surface area contributed by atoms with Gasteiger partial charge in [-0.05, 0) is 31.0 Å². The molecule has 0 atom stereocenters. The highest BCUT2D eigenvalue weighted by Crippen LogP contribution is 2.26. The number of carbonyl (C=O) groups excluding carboxylic acids is 1. The molecule has 0 radical (unpaired) electrons. The van der Waals surface area contributed by atoms with Gasteiger partial charge < -0.3 is 9.80 Å². The summed E-state index contributed by atoms with van der Waals surface area (Å²) in [5, 5.41) is 2.37. The predicted octanol–water partition coefficient (Wildman–Crippen LogP) is 3.81. The molecular weight excluding hydrogens is 322 g/mol. The quantitative estimate of drug-likeness (QED) is 0.708. The van der Waals surface area contributed by atoms with Crippen LogP contribution in [0.25, 0.3) is 10.8 Å². The van der Waals surface area contributed by atoms with Gasteiger partial charge in [-0.1, -0.05) is 36.4 Å². The van der Waals surface area contributed by atoms with Gasteiger partial charge in [0.1, 0.15) is 0 Å². The number of carbonyl (C=O) groups is 1. The number of aromatic nitrogens is 1. The van der Waals surface area contributed by atoms with Crippen LogP contribution >= 0.6 is 0 Å². The Labute approximate surface area is 154 Å². The zero-order chi connectivity index (χ0) is 18.1. The van der Waals surface area contributed by atoms with Crippen molar-refractivity contribution in [2.75, 3.05) is 31.1 Å². The third-order valence-corrected chi connectivity index (χ3v) is 5.39. The molecule has 1 aliphatic rings. The molecule has 0 spiro atoms. The van der Waals surface area contributed by atoms with Crippen molar-refractivity contribution < 1.29 is 4.79 Å². The number of nitrogens with zero attached hydrogens (tertiary/aromatic N) is 3. The lowest BCUT2D eigenvalue weighted by Crippen LogP contribution is -2.49. The van der Waals surface area contributed by atoms with Crippen LogP contribution in [0.4, 0.5) is 5.69 Å². The van der Waals surface area contributed by atoms with Crippen LogP contribution in [0.15, 0.2) is 54.9 Å². The van der Waals surface area contributed by atoms with E-state index in [4.69, 9.17) is 0 Å². The Morgan fingerprint density at radius 2 is 1.69 bits per heavy atom. The van der Waals surface area contributed by atoms with Gasteiger partial charge in [0, 0.05) is 48.7 Å². The number of anilines is 1. The van der Waals surface area contributed by atoms with Gasteiger partial charge in [-0.3, -0.25) is 9.78 Å². The number of benzene rings is 2. The van der Waals surface area contributed by atoms with E-state index in [-0.39, 0.29) is 5.91 Å². The minimum Gasteiger partial charge on any atom is -0.366 e. The molecule has 26 heavy (non-hydrogen) atoms. The largest absolute Gasteiger partial charge is 0.366 e. The van der Waals surface area contributed by atoms with Crippen molar-refractivity contribution in [3.8, 4) is 0 Å². The van der Waals surface area contributed by atoms with Crippen LogP contribution in [0.2, 0.25) is 0 Å². The summed E-state index contributed by atoms with van der Waals surface area (Å²) in [6.45, 7) is 7.20. The van der Waals surface area contributed by atoms with Crippen molar-refractivity contribution in [2.45, 2.75) is 13.8 Å². The van der Waals surface area contributed by atoms with Crippen molar-refractivity contribution >= 4 is 22.4 Å². The van der Waals surface area contributed by atoms with Crippen LogP contribution in [-0.2, 0) is 0 Å². The first-order valence-corrected chi connectivity index (χ1v) is 9.08. The van der Waals surface area contributed by atoms with Crippen LogP contribution in [0.1, 0.15) is 21.5 Å². The fraction of sp³-hybridized carbons (Fsp3) is 0.273. The molecule has 0 aliphatic carbocycles. The molecule has 3 aromatic rings. The van der Waals surface area contributed by atoms with E-state index in [2.05, 4.69) is 41.1 Å². The van der Waals surface area contributed by atoms with Gasteiger partial charge >= 0.3 is 0 Å². The Kier molecular flexibility index (Phi) is 4.33. The normalized spacial score (nSPS) is 14.7. The first-order valence-electron chi connectivity index (χ1n) is 9.08. The number of aryl methyl sites for hydroxylation is 1. The number of pyridine rings is 1. The molecule has 0 bridgehead atoms. The van der Waals surface area contributed by atoms with E-state index in [9.17, 15) is 4.79 Å². The SMILES string of the molecule is Cc1cccc(C(=O)N2CCN(c3cncc4ccccc34)CC2)c1C. The van der Waals surface area contributed by atoms with Crippen LogP contribution in [0.3, 0.4) is 0 Å². The van der Waals surface area contributed by atoms with Gasteiger partial charge in [0.15, 0.2) is 0 Å². The zero-order valence-electron chi connectivity index (χ0n) is 15.3. The Bertz CT molecular complexity index is 953. The summed E-state index contributed by atoms with van der Waals surface area (Å²) in [5.41, 5.74) is 4.22. The number of amides is 1. The van der Waals surface area contributed by atoms with Gasteiger partial charge in [-0.2, -0.15) is 0 Å². The molecule has 0 unspecified atom stereocenters. The van der Waals surface area contributed by atoms with E-state index in [0.717, 1.165) is 53.9 Å². The molecule has 132 valence electrons. The number of rotatable bonds is 2. The molecule has 2 heterocycles. The van der Waals surface area contributed by atoms with E-state index in [1.54, 1.807) is 0 Å². The van der Waals surface area contributed by atoms with E-state index < -0.39 is 0 Å². The van der Waals surface area contributed by atoms with E-state index in [1.807, 2.05) is 42.4 Å². The van der Waals surface area contributed by atoms with E-state index in [1.165, 1.54) is 5.39 Å². The van der Waals surface area contributed by atoms with E-state index >= 15 is 0 Å². The minimum absolute atomic E-state index is 0.141. The fourth-order valence-corrected chi connectivity index (χ4v) is 3.66. The summed E-state index contributed by atoms with van der Waals surface area (Å²) >= 11 is 0. The van der Waals surface area contributed by atoms with Gasteiger partial charge in [0.2, 0.25) is 0 Å². The third-order valence-electron chi connectivity index (χ3n) is 5.39. The van der Waals surface area contributed by atoms with Gasteiger partial charge in [-0.15, -0.1) is 0 Å². The second-order valence-electron chi connectivity index (χ2n) is 6.91. The summed E-state index contributed by atoms with van der Waals surface area (Å²) < 4.78 is 0. The second kappa shape index (κ2) is 6.79. The molecule has 0 saturated carbocycles. The minimum atomic E-state index is 0.141. The Morgan fingerprint density at radius 1 is 0.923 bits per heavy atom. The highest BCUT2D eigenvalue weighted by Gasteiger charge is 2.24. The van der Waals surface area contributed by atoms with Crippen LogP contribution in [-0.4, -0.2) is 42.0 Å². The van der Waals surface area contributed by atoms with E-state index in [0.29, 0.717) is 0 Å². The van der Waals surface area contributed by atoms with Crippen molar-refractivity contribution in [1.29, 1.82) is 0 Å². The maximum absolute atomic E-state index is 12.9. The third kappa shape index (κ3) is 2.92. The summed E-state index contributed by atoms with van der Waals surface area (Å²) in [7, 11) is 0. The van der Waals surface area contributed by atoms with Crippen LogP contribution in [0.5, 0.6) is 0 Å². The maximum Gasteiger partial charge on any atom is 0.254 e. The Hall–Kier alpha value is -2.88. The molecule has 4 rings (SSSR count). The summed E-state index contributed by atoms with van der Waals surface area (Å²) in [4.78, 5) is 21.6. The number of hydrogen-bond donors (Lipinski definition) is 0. The van der Waals surface area contributed by atoms with Crippen LogP contribution < -0.4 is 4.90 Å². The lowest BCUT2D eigenvalue weighted by Gasteiger charge is -2.36. The molecule has 1 aromatic heterocycles. The second-order valence-corrected chi connectivity index (χ2v) is 6.91. The average Bonchev–Trinajstić information content (AvgIpc) is 2.69. The molecule has 2 aromatic carbocycles. The van der Waals surface area contributed by atoms with Crippen molar-refractivity contribution in [1.82, 2.24) is 9.88 Å². The lowest BCUT2D eigenvalue weighted by atomic mass is 10.0. The molecular formula is C22H23N3O. The van der Waals surface area contributed by atoms with Gasteiger partial charge in [0.05, 0.1) is 11.9 Å². The lowest BCUT2D eigenvalue weighted by molar-refractivity contribution is 0.0746. The standard InChI is InChI=1S/C22H23N3O/c1-16-6-5-9-19(17(16)2)22(26)25-12-10-24(11-13-25)21-15-23-14-18-7-3-4-8-20(18)21/h3-9,14-15H,10-13H2,1-2H3. The summed E-state index contributed by atoms with van der Waals surface area (Å²) in [6.07, 6.45) is 3.84. The number of hydrogen-bond acceptors (Lipinski definition) is 3. The molecule has 1 fully saturated rings. The zero-order valence-corrected chi connectivity index (χ0v) is 15.3. The summed E-state index contributed by atoms with van der Waals surface area (Å²) in [5.74, 6) is 0.141. The molecule has 1 aliphatic heterocycles. The van der Waals surface area contributed by atoms with Crippen LogP contribution in [0, 0.1) is 13.8 Å². The Morgan fingerprint density at radius 3 is 2.50 bits per heavy atom. The highest BCUT2D eigenvalue weighted by molar-refractivity contribution is 5.96. The van der Waals surface area contributed by atoms with Crippen molar-refractivity contribution in [3.05, 3.63) is 71.5 Å².